The zero-order valence-electron chi connectivity index (χ0n) is 21.0. The van der Waals surface area contributed by atoms with E-state index in [9.17, 15) is 13.2 Å². The Balaban J connectivity index is 1.54. The number of aryl methyl sites for hydroxylation is 2. The van der Waals surface area contributed by atoms with Crippen LogP contribution in [0.5, 0.6) is 11.5 Å². The third-order valence-electron chi connectivity index (χ3n) is 6.27. The summed E-state index contributed by atoms with van der Waals surface area (Å²) in [6.45, 7) is 4.49. The largest absolute Gasteiger partial charge is 0.495 e. The number of hydrogen-bond donors (Lipinski definition) is 1. The van der Waals surface area contributed by atoms with Crippen molar-refractivity contribution in [2.24, 2.45) is 0 Å². The molecule has 1 heterocycles. The fourth-order valence-electron chi connectivity index (χ4n) is 4.27. The molecule has 37 heavy (non-hydrogen) atoms. The molecular formula is C27H29ClN2O6S. The van der Waals surface area contributed by atoms with Gasteiger partial charge in [-0.2, -0.15) is 0 Å². The highest BCUT2D eigenvalue weighted by Crippen LogP contribution is 2.36. The van der Waals surface area contributed by atoms with Gasteiger partial charge < -0.3 is 19.1 Å². The van der Waals surface area contributed by atoms with Crippen LogP contribution < -0.4 is 14.2 Å². The fraction of sp³-hybridized carbons (Fsp3) is 0.296. The topological polar surface area (TPSA) is 94.2 Å². The van der Waals surface area contributed by atoms with E-state index in [0.717, 1.165) is 11.1 Å². The number of halogens is 1. The smallest absolute Gasteiger partial charge is 0.265 e. The summed E-state index contributed by atoms with van der Waals surface area (Å²) in [4.78, 5) is 14.9. The lowest BCUT2D eigenvalue weighted by Crippen LogP contribution is -2.32. The van der Waals surface area contributed by atoms with E-state index in [2.05, 4.69) is 4.72 Å². The molecule has 1 fully saturated rings. The number of nitrogens with zero attached hydrogens (tertiary/aromatic N) is 1. The molecule has 1 aliphatic rings. The number of carbonyl (C=O) groups excluding carboxylic acids is 1. The third-order valence-corrected chi connectivity index (χ3v) is 8.07. The minimum absolute atomic E-state index is 0.0178. The fourth-order valence-corrected chi connectivity index (χ4v) is 5.79. The quantitative estimate of drug-likeness (QED) is 0.442. The highest BCUT2D eigenvalue weighted by Gasteiger charge is 2.38. The van der Waals surface area contributed by atoms with Gasteiger partial charge in [-0.15, -0.1) is 0 Å². The number of anilines is 1. The van der Waals surface area contributed by atoms with Crippen molar-refractivity contribution in [3.63, 3.8) is 0 Å². The van der Waals surface area contributed by atoms with Crippen LogP contribution in [-0.4, -0.2) is 58.7 Å². The first kappa shape index (κ1) is 26.8. The summed E-state index contributed by atoms with van der Waals surface area (Å²) in [6.07, 6.45) is -0.892. The SMILES string of the molecule is COc1ccccc1S(=O)(=O)Nc1cccc(O[C@@H]2CN(C(=O)c3cc(C)ccc3C)C[C@H]2OC)c1Cl. The number of sulfonamides is 1. The van der Waals surface area contributed by atoms with Crippen LogP contribution in [0.4, 0.5) is 5.69 Å². The Hall–Kier alpha value is -3.27. The number of amides is 1. The Kier molecular flexibility index (Phi) is 7.96. The number of carbonyl (C=O) groups is 1. The van der Waals surface area contributed by atoms with Gasteiger partial charge in [0.1, 0.15) is 33.6 Å². The molecule has 3 aromatic rings. The van der Waals surface area contributed by atoms with E-state index in [1.807, 2.05) is 32.0 Å². The second-order valence-corrected chi connectivity index (χ2v) is 10.9. The van der Waals surface area contributed by atoms with Crippen molar-refractivity contribution in [2.75, 3.05) is 32.0 Å². The number of hydrogen-bond acceptors (Lipinski definition) is 6. The lowest BCUT2D eigenvalue weighted by molar-refractivity contribution is 0.0340. The van der Waals surface area contributed by atoms with Crippen LogP contribution in [0.15, 0.2) is 65.6 Å². The lowest BCUT2D eigenvalue weighted by Gasteiger charge is -2.21. The number of methoxy groups -OCH3 is 2. The van der Waals surface area contributed by atoms with Crippen LogP contribution in [-0.2, 0) is 14.8 Å². The number of nitrogens with one attached hydrogen (secondary N) is 1. The lowest BCUT2D eigenvalue weighted by atomic mass is 10.0. The Morgan fingerprint density at radius 3 is 2.41 bits per heavy atom. The van der Waals surface area contributed by atoms with Crippen molar-refractivity contribution < 1.29 is 27.4 Å². The molecule has 0 unspecified atom stereocenters. The van der Waals surface area contributed by atoms with Crippen molar-refractivity contribution in [1.29, 1.82) is 0 Å². The average Bonchev–Trinajstić information content (AvgIpc) is 3.30. The van der Waals surface area contributed by atoms with E-state index in [0.29, 0.717) is 12.1 Å². The van der Waals surface area contributed by atoms with Gasteiger partial charge in [-0.3, -0.25) is 9.52 Å². The number of likely N-dealkylation sites (tertiary alicyclic amines) is 1. The molecule has 2 atom stereocenters. The summed E-state index contributed by atoms with van der Waals surface area (Å²) < 4.78 is 45.6. The molecule has 0 saturated carbocycles. The first-order valence-corrected chi connectivity index (χ1v) is 13.5. The van der Waals surface area contributed by atoms with Gasteiger partial charge in [0.25, 0.3) is 15.9 Å². The van der Waals surface area contributed by atoms with Gasteiger partial charge in [0.05, 0.1) is 25.9 Å². The normalized spacial score (nSPS) is 17.5. The maximum atomic E-state index is 13.2. The predicted octanol–water partition coefficient (Wildman–Crippen LogP) is 4.68. The molecule has 196 valence electrons. The molecule has 0 radical (unpaired) electrons. The van der Waals surface area contributed by atoms with Crippen molar-refractivity contribution in [3.05, 3.63) is 82.4 Å². The molecule has 4 rings (SSSR count). The van der Waals surface area contributed by atoms with Gasteiger partial charge in [0.2, 0.25) is 0 Å². The summed E-state index contributed by atoms with van der Waals surface area (Å²) in [5.41, 5.74) is 2.69. The second kappa shape index (κ2) is 11.0. The summed E-state index contributed by atoms with van der Waals surface area (Å²) in [6, 6.07) is 16.9. The maximum Gasteiger partial charge on any atom is 0.265 e. The standard InChI is InChI=1S/C27H29ClN2O6S/c1-17-12-13-18(2)19(14-17)27(31)30-15-23(35-4)24(16-30)36-22-10-7-8-20(26(22)28)29-37(32,33)25-11-6-5-9-21(25)34-3/h5-14,23-24,29H,15-16H2,1-4H3/t23-,24-/m1/s1. The molecular weight excluding hydrogens is 516 g/mol. The summed E-state index contributed by atoms with van der Waals surface area (Å²) in [5, 5.41) is 0.0927. The molecule has 0 aromatic heterocycles. The summed E-state index contributed by atoms with van der Waals surface area (Å²) in [7, 11) is -1.03. The summed E-state index contributed by atoms with van der Waals surface area (Å²) in [5.74, 6) is 0.384. The minimum atomic E-state index is -3.99. The number of benzene rings is 3. The summed E-state index contributed by atoms with van der Waals surface area (Å²) >= 11 is 6.57. The van der Waals surface area contributed by atoms with Crippen LogP contribution in [0.2, 0.25) is 5.02 Å². The molecule has 0 spiro atoms. The van der Waals surface area contributed by atoms with Gasteiger partial charge in [0.15, 0.2) is 0 Å². The van der Waals surface area contributed by atoms with E-state index in [4.69, 9.17) is 25.8 Å². The van der Waals surface area contributed by atoms with Crippen LogP contribution >= 0.6 is 11.6 Å². The highest BCUT2D eigenvalue weighted by molar-refractivity contribution is 7.92. The maximum absolute atomic E-state index is 13.2. The number of rotatable bonds is 8. The molecule has 1 N–H and O–H groups in total. The third kappa shape index (κ3) is 5.69. The van der Waals surface area contributed by atoms with Gasteiger partial charge in [-0.25, -0.2) is 8.42 Å². The van der Waals surface area contributed by atoms with Gasteiger partial charge >= 0.3 is 0 Å². The van der Waals surface area contributed by atoms with E-state index < -0.39 is 16.1 Å². The Morgan fingerprint density at radius 2 is 1.68 bits per heavy atom. The van der Waals surface area contributed by atoms with Crippen LogP contribution in [0, 0.1) is 13.8 Å². The number of para-hydroxylation sites is 1. The van der Waals surface area contributed by atoms with Crippen LogP contribution in [0.25, 0.3) is 0 Å². The molecule has 1 aliphatic heterocycles. The van der Waals surface area contributed by atoms with E-state index >= 15 is 0 Å². The Morgan fingerprint density at radius 1 is 0.973 bits per heavy atom. The van der Waals surface area contributed by atoms with Crippen LogP contribution in [0.1, 0.15) is 21.5 Å². The van der Waals surface area contributed by atoms with E-state index in [1.165, 1.54) is 13.2 Å². The average molecular weight is 545 g/mol. The van der Waals surface area contributed by atoms with Crippen molar-refractivity contribution in [3.8, 4) is 11.5 Å². The zero-order chi connectivity index (χ0) is 26.7. The first-order valence-electron chi connectivity index (χ1n) is 11.6. The molecule has 3 aromatic carbocycles. The van der Waals surface area contributed by atoms with Crippen LogP contribution in [0.3, 0.4) is 0 Å². The van der Waals surface area contributed by atoms with Crippen molar-refractivity contribution in [2.45, 2.75) is 31.0 Å². The Bertz CT molecular complexity index is 1410. The van der Waals surface area contributed by atoms with Gasteiger partial charge in [0, 0.05) is 12.7 Å². The zero-order valence-corrected chi connectivity index (χ0v) is 22.6. The molecule has 1 amide bonds. The van der Waals surface area contributed by atoms with Crippen molar-refractivity contribution >= 4 is 33.2 Å². The Labute approximate surface area is 222 Å². The molecule has 0 bridgehead atoms. The monoisotopic (exact) mass is 544 g/mol. The molecule has 8 nitrogen and oxygen atoms in total. The molecule has 10 heteroatoms. The minimum Gasteiger partial charge on any atom is -0.495 e. The molecule has 1 saturated heterocycles. The first-order chi connectivity index (χ1) is 17.6. The highest BCUT2D eigenvalue weighted by atomic mass is 35.5. The van der Waals surface area contributed by atoms with E-state index in [1.54, 1.807) is 48.4 Å². The van der Waals surface area contributed by atoms with Crippen molar-refractivity contribution in [1.82, 2.24) is 4.90 Å². The van der Waals surface area contributed by atoms with Gasteiger partial charge in [-0.1, -0.05) is 47.5 Å². The van der Waals surface area contributed by atoms with Gasteiger partial charge in [-0.05, 0) is 49.7 Å². The van der Waals surface area contributed by atoms with E-state index in [-0.39, 0.29) is 45.7 Å². The predicted molar refractivity (Wildman–Crippen MR) is 142 cm³/mol. The molecule has 0 aliphatic carbocycles. The number of ether oxygens (including phenoxy) is 3. The second-order valence-electron chi connectivity index (χ2n) is 8.83.